The number of benzene rings is 1. The Balaban J connectivity index is 2.17. The van der Waals surface area contributed by atoms with Crippen LogP contribution in [-0.4, -0.2) is 24.2 Å². The molecule has 1 aliphatic heterocycles. The van der Waals surface area contributed by atoms with E-state index < -0.39 is 5.91 Å². The number of para-hydroxylation sites is 1. The SMILES string of the molecule is O=C(/C=C/c1ccccc1N1CCCCCCC1)NO. The number of hydrogen-bond acceptors (Lipinski definition) is 3. The molecule has 1 aromatic carbocycles. The van der Waals surface area contributed by atoms with E-state index in [0.29, 0.717) is 0 Å². The summed E-state index contributed by atoms with van der Waals surface area (Å²) < 4.78 is 0. The van der Waals surface area contributed by atoms with Gasteiger partial charge in [-0.15, -0.1) is 0 Å². The molecular formula is C16H22N2O2. The first-order valence-corrected chi connectivity index (χ1v) is 7.27. The molecule has 0 radical (unpaired) electrons. The Morgan fingerprint density at radius 2 is 1.75 bits per heavy atom. The first-order chi connectivity index (χ1) is 9.81. The molecule has 1 amide bonds. The van der Waals surface area contributed by atoms with Crippen molar-refractivity contribution in [1.29, 1.82) is 0 Å². The van der Waals surface area contributed by atoms with Gasteiger partial charge in [-0.2, -0.15) is 0 Å². The number of nitrogens with zero attached hydrogens (tertiary/aromatic N) is 1. The van der Waals surface area contributed by atoms with Gasteiger partial charge in [-0.1, -0.05) is 37.5 Å². The van der Waals surface area contributed by atoms with Crippen LogP contribution in [0.5, 0.6) is 0 Å². The predicted molar refractivity (Wildman–Crippen MR) is 80.7 cm³/mol. The summed E-state index contributed by atoms with van der Waals surface area (Å²) >= 11 is 0. The van der Waals surface area contributed by atoms with Gasteiger partial charge in [0.25, 0.3) is 5.91 Å². The smallest absolute Gasteiger partial charge is 0.267 e. The summed E-state index contributed by atoms with van der Waals surface area (Å²) in [4.78, 5) is 13.5. The monoisotopic (exact) mass is 274 g/mol. The van der Waals surface area contributed by atoms with Gasteiger partial charge in [0.2, 0.25) is 0 Å². The molecule has 0 atom stereocenters. The molecule has 108 valence electrons. The van der Waals surface area contributed by atoms with Crippen molar-refractivity contribution in [3.05, 3.63) is 35.9 Å². The van der Waals surface area contributed by atoms with Crippen LogP contribution in [-0.2, 0) is 4.79 Å². The average molecular weight is 274 g/mol. The summed E-state index contributed by atoms with van der Waals surface area (Å²) in [6.07, 6.45) is 9.46. The van der Waals surface area contributed by atoms with Crippen LogP contribution >= 0.6 is 0 Å². The van der Waals surface area contributed by atoms with E-state index >= 15 is 0 Å². The highest BCUT2D eigenvalue weighted by Crippen LogP contribution is 2.24. The van der Waals surface area contributed by atoms with E-state index in [1.807, 2.05) is 18.2 Å². The Hall–Kier alpha value is -1.81. The van der Waals surface area contributed by atoms with Gasteiger partial charge >= 0.3 is 0 Å². The van der Waals surface area contributed by atoms with Crippen LogP contribution in [0, 0.1) is 0 Å². The molecule has 2 N–H and O–H groups in total. The maximum atomic E-state index is 11.1. The molecule has 1 heterocycles. The van der Waals surface area contributed by atoms with E-state index in [2.05, 4.69) is 11.0 Å². The minimum absolute atomic E-state index is 0.507. The highest BCUT2D eigenvalue weighted by molar-refractivity contribution is 5.91. The lowest BCUT2D eigenvalue weighted by atomic mass is 10.1. The van der Waals surface area contributed by atoms with E-state index in [1.54, 1.807) is 11.6 Å². The van der Waals surface area contributed by atoms with Crippen molar-refractivity contribution < 1.29 is 10.0 Å². The topological polar surface area (TPSA) is 52.6 Å². The number of carbonyl (C=O) groups excluding carboxylic acids is 1. The number of carbonyl (C=O) groups is 1. The van der Waals surface area contributed by atoms with Gasteiger partial charge in [0, 0.05) is 24.9 Å². The standard InChI is InChI=1S/C16H22N2O2/c19-16(17-20)11-10-14-8-4-5-9-15(14)18-12-6-2-1-3-7-13-18/h4-5,8-11,20H,1-3,6-7,12-13H2,(H,17,19)/b11-10+. The number of hydroxylamine groups is 1. The summed E-state index contributed by atoms with van der Waals surface area (Å²) in [5.74, 6) is -0.507. The lowest BCUT2D eigenvalue weighted by Crippen LogP contribution is -2.27. The maximum absolute atomic E-state index is 11.1. The second-order valence-corrected chi connectivity index (χ2v) is 5.12. The van der Waals surface area contributed by atoms with Crippen LogP contribution in [0.4, 0.5) is 5.69 Å². The van der Waals surface area contributed by atoms with Crippen LogP contribution < -0.4 is 10.4 Å². The second kappa shape index (κ2) is 7.70. The third kappa shape index (κ3) is 4.10. The van der Waals surface area contributed by atoms with Gasteiger partial charge in [0.1, 0.15) is 0 Å². The van der Waals surface area contributed by atoms with Crippen LogP contribution in [0.1, 0.15) is 37.7 Å². The van der Waals surface area contributed by atoms with Crippen LogP contribution in [0.2, 0.25) is 0 Å². The van der Waals surface area contributed by atoms with Crippen molar-refractivity contribution in [2.45, 2.75) is 32.1 Å². The highest BCUT2D eigenvalue weighted by Gasteiger charge is 2.11. The lowest BCUT2D eigenvalue weighted by Gasteiger charge is -2.28. The molecule has 0 aliphatic carbocycles. The fourth-order valence-corrected chi connectivity index (χ4v) is 2.61. The van der Waals surface area contributed by atoms with E-state index in [9.17, 15) is 4.79 Å². The summed E-state index contributed by atoms with van der Waals surface area (Å²) in [5, 5.41) is 8.54. The Kier molecular flexibility index (Phi) is 5.62. The van der Waals surface area contributed by atoms with Crippen molar-refractivity contribution in [3.8, 4) is 0 Å². The molecule has 1 fully saturated rings. The summed E-state index contributed by atoms with van der Waals surface area (Å²) in [6.45, 7) is 2.13. The fraction of sp³-hybridized carbons (Fsp3) is 0.438. The first-order valence-electron chi connectivity index (χ1n) is 7.27. The van der Waals surface area contributed by atoms with E-state index in [0.717, 1.165) is 24.3 Å². The number of rotatable bonds is 3. The summed E-state index contributed by atoms with van der Waals surface area (Å²) in [5.41, 5.74) is 3.79. The van der Waals surface area contributed by atoms with E-state index in [1.165, 1.54) is 38.2 Å². The maximum Gasteiger partial charge on any atom is 0.267 e. The second-order valence-electron chi connectivity index (χ2n) is 5.12. The number of nitrogens with one attached hydrogen (secondary N) is 1. The number of hydrogen-bond donors (Lipinski definition) is 2. The normalized spacial score (nSPS) is 16.8. The third-order valence-electron chi connectivity index (χ3n) is 3.66. The molecule has 0 spiro atoms. The Bertz CT molecular complexity index is 463. The van der Waals surface area contributed by atoms with Crippen LogP contribution in [0.15, 0.2) is 30.3 Å². The van der Waals surface area contributed by atoms with Crippen LogP contribution in [0.25, 0.3) is 6.08 Å². The molecule has 1 saturated heterocycles. The summed E-state index contributed by atoms with van der Waals surface area (Å²) in [6, 6.07) is 8.08. The molecule has 4 nitrogen and oxygen atoms in total. The molecular weight excluding hydrogens is 252 g/mol. The number of anilines is 1. The fourth-order valence-electron chi connectivity index (χ4n) is 2.61. The van der Waals surface area contributed by atoms with Crippen LogP contribution in [0.3, 0.4) is 0 Å². The molecule has 0 aromatic heterocycles. The highest BCUT2D eigenvalue weighted by atomic mass is 16.5. The Labute approximate surface area is 120 Å². The third-order valence-corrected chi connectivity index (χ3v) is 3.66. The zero-order chi connectivity index (χ0) is 14.2. The van der Waals surface area contributed by atoms with Crippen molar-refractivity contribution in [2.75, 3.05) is 18.0 Å². The van der Waals surface area contributed by atoms with Crippen molar-refractivity contribution >= 4 is 17.7 Å². The van der Waals surface area contributed by atoms with Gasteiger partial charge in [-0.3, -0.25) is 10.0 Å². The van der Waals surface area contributed by atoms with Gasteiger partial charge < -0.3 is 4.90 Å². The van der Waals surface area contributed by atoms with Gasteiger partial charge in [0.05, 0.1) is 0 Å². The Morgan fingerprint density at radius 3 is 2.45 bits per heavy atom. The minimum atomic E-state index is -0.507. The quantitative estimate of drug-likeness (QED) is 0.506. The molecule has 0 saturated carbocycles. The van der Waals surface area contributed by atoms with E-state index in [4.69, 9.17) is 5.21 Å². The van der Waals surface area contributed by atoms with Crippen molar-refractivity contribution in [3.63, 3.8) is 0 Å². The molecule has 1 aromatic rings. The average Bonchev–Trinajstić information content (AvgIpc) is 2.45. The molecule has 0 bridgehead atoms. The van der Waals surface area contributed by atoms with Gasteiger partial charge in [-0.25, -0.2) is 5.48 Å². The molecule has 4 heteroatoms. The van der Waals surface area contributed by atoms with E-state index in [-0.39, 0.29) is 0 Å². The van der Waals surface area contributed by atoms with Crippen molar-refractivity contribution in [1.82, 2.24) is 5.48 Å². The molecule has 2 rings (SSSR count). The lowest BCUT2D eigenvalue weighted by molar-refractivity contribution is -0.124. The minimum Gasteiger partial charge on any atom is -0.371 e. The predicted octanol–water partition coefficient (Wildman–Crippen LogP) is 2.98. The largest absolute Gasteiger partial charge is 0.371 e. The zero-order valence-electron chi connectivity index (χ0n) is 11.7. The number of amides is 1. The zero-order valence-corrected chi connectivity index (χ0v) is 11.7. The summed E-state index contributed by atoms with van der Waals surface area (Å²) in [7, 11) is 0. The van der Waals surface area contributed by atoms with Crippen molar-refractivity contribution in [2.24, 2.45) is 0 Å². The molecule has 1 aliphatic rings. The van der Waals surface area contributed by atoms with Gasteiger partial charge in [-0.05, 0) is 30.5 Å². The Morgan fingerprint density at radius 1 is 1.10 bits per heavy atom. The van der Waals surface area contributed by atoms with Gasteiger partial charge in [0.15, 0.2) is 0 Å². The molecule has 20 heavy (non-hydrogen) atoms. The first kappa shape index (κ1) is 14.6. The molecule has 0 unspecified atom stereocenters.